The quantitative estimate of drug-likeness (QED) is 0.746. The van der Waals surface area contributed by atoms with Crippen LogP contribution in [0.15, 0.2) is 24.3 Å². The van der Waals surface area contributed by atoms with Gasteiger partial charge in [-0.1, -0.05) is 13.3 Å². The first-order chi connectivity index (χ1) is 8.26. The SMILES string of the molecule is CCCCOc1ccc(NC(=O)NCC)cc1. The molecular weight excluding hydrogens is 216 g/mol. The van der Waals surface area contributed by atoms with E-state index in [1.807, 2.05) is 31.2 Å². The van der Waals surface area contributed by atoms with E-state index < -0.39 is 0 Å². The topological polar surface area (TPSA) is 50.4 Å². The molecule has 0 saturated carbocycles. The number of benzene rings is 1. The van der Waals surface area contributed by atoms with Crippen molar-refractivity contribution >= 4 is 11.7 Å². The Morgan fingerprint density at radius 3 is 2.53 bits per heavy atom. The summed E-state index contributed by atoms with van der Waals surface area (Å²) in [6.45, 7) is 5.36. The van der Waals surface area contributed by atoms with Gasteiger partial charge in [-0.05, 0) is 37.6 Å². The summed E-state index contributed by atoms with van der Waals surface area (Å²) in [7, 11) is 0. The highest BCUT2D eigenvalue weighted by Crippen LogP contribution is 2.15. The average molecular weight is 236 g/mol. The molecule has 0 aromatic heterocycles. The Balaban J connectivity index is 2.41. The number of hydrogen-bond acceptors (Lipinski definition) is 2. The van der Waals surface area contributed by atoms with Crippen LogP contribution in [-0.2, 0) is 0 Å². The Bertz CT molecular complexity index is 336. The molecule has 2 N–H and O–H groups in total. The molecule has 0 fully saturated rings. The number of hydrogen-bond donors (Lipinski definition) is 2. The Morgan fingerprint density at radius 2 is 1.94 bits per heavy atom. The first-order valence-electron chi connectivity index (χ1n) is 6.04. The van der Waals surface area contributed by atoms with E-state index in [2.05, 4.69) is 17.6 Å². The summed E-state index contributed by atoms with van der Waals surface area (Å²) in [5.41, 5.74) is 0.763. The van der Waals surface area contributed by atoms with Crippen molar-refractivity contribution in [2.24, 2.45) is 0 Å². The Morgan fingerprint density at radius 1 is 1.24 bits per heavy atom. The Labute approximate surface area is 102 Å². The molecule has 0 atom stereocenters. The van der Waals surface area contributed by atoms with Gasteiger partial charge >= 0.3 is 6.03 Å². The standard InChI is InChI=1S/C13H20N2O2/c1-3-5-10-17-12-8-6-11(7-9-12)15-13(16)14-4-2/h6-9H,3-5,10H2,1-2H3,(H2,14,15,16). The number of carbonyl (C=O) groups is 1. The van der Waals surface area contributed by atoms with Gasteiger partial charge in [-0.15, -0.1) is 0 Å². The first kappa shape index (κ1) is 13.4. The van der Waals surface area contributed by atoms with Gasteiger partial charge in [0.15, 0.2) is 0 Å². The lowest BCUT2D eigenvalue weighted by Gasteiger charge is -2.08. The zero-order valence-corrected chi connectivity index (χ0v) is 10.5. The van der Waals surface area contributed by atoms with E-state index in [0.717, 1.165) is 30.9 Å². The molecule has 0 radical (unpaired) electrons. The predicted octanol–water partition coefficient (Wildman–Crippen LogP) is 3.01. The second-order valence-corrected chi connectivity index (χ2v) is 3.71. The molecular formula is C13H20N2O2. The molecule has 0 aliphatic carbocycles. The molecule has 0 saturated heterocycles. The van der Waals surface area contributed by atoms with Gasteiger partial charge in [0, 0.05) is 12.2 Å². The molecule has 4 heteroatoms. The number of anilines is 1. The minimum absolute atomic E-state index is 0.188. The molecule has 1 aromatic carbocycles. The Kier molecular flexibility index (Phi) is 5.93. The van der Waals surface area contributed by atoms with E-state index in [9.17, 15) is 4.79 Å². The summed E-state index contributed by atoms with van der Waals surface area (Å²) in [5.74, 6) is 0.833. The normalized spacial score (nSPS) is 9.76. The lowest BCUT2D eigenvalue weighted by molar-refractivity contribution is 0.252. The summed E-state index contributed by atoms with van der Waals surface area (Å²) in [4.78, 5) is 11.3. The predicted molar refractivity (Wildman–Crippen MR) is 69.5 cm³/mol. The average Bonchev–Trinajstić information content (AvgIpc) is 2.32. The third kappa shape index (κ3) is 5.24. The van der Waals surface area contributed by atoms with E-state index in [0.29, 0.717) is 6.54 Å². The van der Waals surface area contributed by atoms with Crippen LogP contribution in [0.3, 0.4) is 0 Å². The highest BCUT2D eigenvalue weighted by Gasteiger charge is 1.99. The summed E-state index contributed by atoms with van der Waals surface area (Å²) >= 11 is 0. The van der Waals surface area contributed by atoms with Crippen molar-refractivity contribution in [3.63, 3.8) is 0 Å². The van der Waals surface area contributed by atoms with Crippen molar-refractivity contribution in [2.75, 3.05) is 18.5 Å². The molecule has 1 aromatic rings. The van der Waals surface area contributed by atoms with Crippen LogP contribution in [0.5, 0.6) is 5.75 Å². The second-order valence-electron chi connectivity index (χ2n) is 3.71. The number of urea groups is 1. The molecule has 2 amide bonds. The highest BCUT2D eigenvalue weighted by molar-refractivity contribution is 5.89. The second kappa shape index (κ2) is 7.54. The molecule has 0 aliphatic rings. The van der Waals surface area contributed by atoms with Crippen LogP contribution >= 0.6 is 0 Å². The zero-order chi connectivity index (χ0) is 12.5. The lowest BCUT2D eigenvalue weighted by atomic mass is 10.3. The van der Waals surface area contributed by atoms with Crippen LogP contribution in [-0.4, -0.2) is 19.2 Å². The van der Waals surface area contributed by atoms with Crippen molar-refractivity contribution in [1.29, 1.82) is 0 Å². The summed E-state index contributed by atoms with van der Waals surface area (Å²) < 4.78 is 5.53. The highest BCUT2D eigenvalue weighted by atomic mass is 16.5. The number of amides is 2. The Hall–Kier alpha value is -1.71. The minimum Gasteiger partial charge on any atom is -0.494 e. The summed E-state index contributed by atoms with van der Waals surface area (Å²) in [5, 5.41) is 5.40. The van der Waals surface area contributed by atoms with E-state index in [1.165, 1.54) is 0 Å². The number of unbranched alkanes of at least 4 members (excludes halogenated alkanes) is 1. The van der Waals surface area contributed by atoms with Gasteiger partial charge in [-0.25, -0.2) is 4.79 Å². The van der Waals surface area contributed by atoms with E-state index >= 15 is 0 Å². The van der Waals surface area contributed by atoms with Crippen molar-refractivity contribution < 1.29 is 9.53 Å². The smallest absolute Gasteiger partial charge is 0.319 e. The minimum atomic E-state index is -0.188. The van der Waals surface area contributed by atoms with Gasteiger partial charge < -0.3 is 15.4 Å². The maximum Gasteiger partial charge on any atom is 0.319 e. The van der Waals surface area contributed by atoms with Crippen LogP contribution < -0.4 is 15.4 Å². The van der Waals surface area contributed by atoms with Gasteiger partial charge in [0.25, 0.3) is 0 Å². The fraction of sp³-hybridized carbons (Fsp3) is 0.462. The lowest BCUT2D eigenvalue weighted by Crippen LogP contribution is -2.28. The van der Waals surface area contributed by atoms with E-state index in [-0.39, 0.29) is 6.03 Å². The molecule has 1 rings (SSSR count). The molecule has 94 valence electrons. The number of rotatable bonds is 6. The van der Waals surface area contributed by atoms with E-state index in [4.69, 9.17) is 4.74 Å². The van der Waals surface area contributed by atoms with Crippen molar-refractivity contribution in [2.45, 2.75) is 26.7 Å². The number of nitrogens with one attached hydrogen (secondary N) is 2. The van der Waals surface area contributed by atoms with E-state index in [1.54, 1.807) is 0 Å². The summed E-state index contributed by atoms with van der Waals surface area (Å²) in [6.07, 6.45) is 2.18. The monoisotopic (exact) mass is 236 g/mol. The molecule has 17 heavy (non-hydrogen) atoms. The van der Waals surface area contributed by atoms with Gasteiger partial charge in [-0.2, -0.15) is 0 Å². The van der Waals surface area contributed by atoms with Crippen LogP contribution in [0, 0.1) is 0 Å². The fourth-order valence-corrected chi connectivity index (χ4v) is 1.30. The fourth-order valence-electron chi connectivity index (χ4n) is 1.30. The van der Waals surface area contributed by atoms with Crippen molar-refractivity contribution in [3.05, 3.63) is 24.3 Å². The molecule has 0 spiro atoms. The van der Waals surface area contributed by atoms with Gasteiger partial charge in [0.05, 0.1) is 6.61 Å². The first-order valence-corrected chi connectivity index (χ1v) is 6.04. The van der Waals surface area contributed by atoms with Crippen LogP contribution in [0.25, 0.3) is 0 Å². The maximum atomic E-state index is 11.3. The zero-order valence-electron chi connectivity index (χ0n) is 10.5. The van der Waals surface area contributed by atoms with Gasteiger partial charge in [0.2, 0.25) is 0 Å². The number of ether oxygens (including phenoxy) is 1. The third-order valence-electron chi connectivity index (χ3n) is 2.22. The molecule has 4 nitrogen and oxygen atoms in total. The van der Waals surface area contributed by atoms with Gasteiger partial charge in [-0.3, -0.25) is 0 Å². The van der Waals surface area contributed by atoms with Crippen LogP contribution in [0.2, 0.25) is 0 Å². The van der Waals surface area contributed by atoms with Crippen molar-refractivity contribution in [1.82, 2.24) is 5.32 Å². The van der Waals surface area contributed by atoms with Crippen LogP contribution in [0.1, 0.15) is 26.7 Å². The summed E-state index contributed by atoms with van der Waals surface area (Å²) in [6, 6.07) is 7.19. The molecule has 0 aliphatic heterocycles. The number of carbonyl (C=O) groups excluding carboxylic acids is 1. The van der Waals surface area contributed by atoms with Crippen LogP contribution in [0.4, 0.5) is 10.5 Å². The third-order valence-corrected chi connectivity index (χ3v) is 2.22. The van der Waals surface area contributed by atoms with Crippen molar-refractivity contribution in [3.8, 4) is 5.75 Å². The molecule has 0 unspecified atom stereocenters. The molecule has 0 heterocycles. The van der Waals surface area contributed by atoms with Gasteiger partial charge in [0.1, 0.15) is 5.75 Å². The molecule has 0 bridgehead atoms. The largest absolute Gasteiger partial charge is 0.494 e. The maximum absolute atomic E-state index is 11.3.